The smallest absolute Gasteiger partial charge is 0.339 e. The Morgan fingerprint density at radius 1 is 1.27 bits per heavy atom. The van der Waals surface area contributed by atoms with E-state index in [1.807, 2.05) is 0 Å². The zero-order valence-corrected chi connectivity index (χ0v) is 12.7. The van der Waals surface area contributed by atoms with Crippen LogP contribution < -0.4 is 4.72 Å². The number of pyridine rings is 2. The Labute approximate surface area is 128 Å². The standard InChI is InChI=1S/C14H15N3O4S/c1-21-14(18)12-4-5-13(16-8-12)9-17-22(19,20)10-11-3-2-6-15-7-11/h2-8,17H,9-10H2,1H3. The maximum Gasteiger partial charge on any atom is 0.339 e. The first-order valence-corrected chi connectivity index (χ1v) is 8.05. The van der Waals surface area contributed by atoms with Crippen LogP contribution in [0.3, 0.4) is 0 Å². The normalized spacial score (nSPS) is 11.1. The largest absolute Gasteiger partial charge is 0.465 e. The second-order valence-electron chi connectivity index (χ2n) is 4.47. The molecular formula is C14H15N3O4S. The Hall–Kier alpha value is -2.32. The highest BCUT2D eigenvalue weighted by atomic mass is 32.2. The summed E-state index contributed by atoms with van der Waals surface area (Å²) < 4.78 is 30.9. The van der Waals surface area contributed by atoms with Crippen LogP contribution >= 0.6 is 0 Å². The van der Waals surface area contributed by atoms with Crippen molar-refractivity contribution in [1.29, 1.82) is 0 Å². The minimum Gasteiger partial charge on any atom is -0.465 e. The molecule has 1 N–H and O–H groups in total. The fourth-order valence-corrected chi connectivity index (χ4v) is 2.78. The molecule has 0 amide bonds. The van der Waals surface area contributed by atoms with Gasteiger partial charge in [-0.3, -0.25) is 9.97 Å². The molecule has 0 radical (unpaired) electrons. The van der Waals surface area contributed by atoms with E-state index < -0.39 is 16.0 Å². The molecule has 0 saturated heterocycles. The zero-order chi connectivity index (χ0) is 16.0. The van der Waals surface area contributed by atoms with Crippen LogP contribution in [-0.4, -0.2) is 31.5 Å². The predicted octanol–water partition coefficient (Wildman–Crippen LogP) is 0.883. The van der Waals surface area contributed by atoms with Crippen LogP contribution in [-0.2, 0) is 27.1 Å². The Morgan fingerprint density at radius 3 is 2.68 bits per heavy atom. The lowest BCUT2D eigenvalue weighted by Crippen LogP contribution is -2.25. The Morgan fingerprint density at radius 2 is 2.09 bits per heavy atom. The van der Waals surface area contributed by atoms with Crippen molar-refractivity contribution >= 4 is 16.0 Å². The molecule has 0 aromatic carbocycles. The maximum atomic E-state index is 12.0. The number of aromatic nitrogens is 2. The SMILES string of the molecule is COC(=O)c1ccc(CNS(=O)(=O)Cc2cccnc2)nc1. The topological polar surface area (TPSA) is 98.2 Å². The molecule has 7 nitrogen and oxygen atoms in total. The summed E-state index contributed by atoms with van der Waals surface area (Å²) >= 11 is 0. The van der Waals surface area contributed by atoms with Gasteiger partial charge in [-0.25, -0.2) is 17.9 Å². The zero-order valence-electron chi connectivity index (χ0n) is 11.9. The highest BCUT2D eigenvalue weighted by Gasteiger charge is 2.12. The van der Waals surface area contributed by atoms with Crippen molar-refractivity contribution in [2.75, 3.05) is 7.11 Å². The quantitative estimate of drug-likeness (QED) is 0.793. The number of carbonyl (C=O) groups excluding carboxylic acids is 1. The summed E-state index contributed by atoms with van der Waals surface area (Å²) in [6.07, 6.45) is 4.43. The third-order valence-corrected chi connectivity index (χ3v) is 4.10. The first kappa shape index (κ1) is 16.1. The molecule has 0 bridgehead atoms. The van der Waals surface area contributed by atoms with E-state index in [1.54, 1.807) is 24.4 Å². The molecule has 0 fully saturated rings. The van der Waals surface area contributed by atoms with Gasteiger partial charge in [-0.2, -0.15) is 0 Å². The van der Waals surface area contributed by atoms with Crippen molar-refractivity contribution in [1.82, 2.24) is 14.7 Å². The first-order chi connectivity index (χ1) is 10.5. The van der Waals surface area contributed by atoms with Crippen molar-refractivity contribution < 1.29 is 17.9 Å². The Kier molecular flexibility index (Phi) is 5.18. The number of carbonyl (C=O) groups is 1. The van der Waals surface area contributed by atoms with Gasteiger partial charge in [0.2, 0.25) is 10.0 Å². The van der Waals surface area contributed by atoms with Crippen molar-refractivity contribution in [3.8, 4) is 0 Å². The molecule has 2 rings (SSSR count). The highest BCUT2D eigenvalue weighted by molar-refractivity contribution is 7.88. The molecule has 116 valence electrons. The van der Waals surface area contributed by atoms with Gasteiger partial charge in [0.1, 0.15) is 0 Å². The fourth-order valence-electron chi connectivity index (χ4n) is 1.71. The van der Waals surface area contributed by atoms with Crippen molar-refractivity contribution in [2.24, 2.45) is 0 Å². The molecule has 0 saturated carbocycles. The monoisotopic (exact) mass is 321 g/mol. The van der Waals surface area contributed by atoms with Gasteiger partial charge in [0, 0.05) is 18.6 Å². The second kappa shape index (κ2) is 7.10. The molecule has 8 heteroatoms. The van der Waals surface area contributed by atoms with Gasteiger partial charge < -0.3 is 4.74 Å². The number of esters is 1. The summed E-state index contributed by atoms with van der Waals surface area (Å²) in [5, 5.41) is 0. The van der Waals surface area contributed by atoms with Crippen LogP contribution in [0, 0.1) is 0 Å². The van der Waals surface area contributed by atoms with E-state index >= 15 is 0 Å². The third-order valence-electron chi connectivity index (χ3n) is 2.80. The molecule has 0 aliphatic carbocycles. The summed E-state index contributed by atoms with van der Waals surface area (Å²) in [7, 11) is -2.21. The van der Waals surface area contributed by atoms with Crippen LogP contribution in [0.2, 0.25) is 0 Å². The molecule has 2 heterocycles. The molecule has 0 spiro atoms. The number of ether oxygens (including phenoxy) is 1. The van der Waals surface area contributed by atoms with Crippen LogP contribution in [0.15, 0.2) is 42.9 Å². The maximum absolute atomic E-state index is 12.0. The number of hydrogen-bond acceptors (Lipinski definition) is 6. The van der Waals surface area contributed by atoms with E-state index in [0.29, 0.717) is 16.8 Å². The van der Waals surface area contributed by atoms with Crippen LogP contribution in [0.25, 0.3) is 0 Å². The summed E-state index contributed by atoms with van der Waals surface area (Å²) in [4.78, 5) is 19.2. The lowest BCUT2D eigenvalue weighted by atomic mass is 10.2. The van der Waals surface area contributed by atoms with Crippen molar-refractivity contribution in [3.05, 3.63) is 59.7 Å². The first-order valence-electron chi connectivity index (χ1n) is 6.39. The molecule has 0 aliphatic rings. The van der Waals surface area contributed by atoms with Gasteiger partial charge in [0.25, 0.3) is 0 Å². The second-order valence-corrected chi connectivity index (χ2v) is 6.28. The molecule has 0 aliphatic heterocycles. The minimum atomic E-state index is -3.49. The molecule has 0 unspecified atom stereocenters. The van der Waals surface area contributed by atoms with Gasteiger partial charge in [-0.1, -0.05) is 6.07 Å². The van der Waals surface area contributed by atoms with Gasteiger partial charge in [-0.15, -0.1) is 0 Å². The van der Waals surface area contributed by atoms with Crippen LogP contribution in [0.4, 0.5) is 0 Å². The summed E-state index contributed by atoms with van der Waals surface area (Å²) in [5.74, 6) is -0.641. The molecular weight excluding hydrogens is 306 g/mol. The average Bonchev–Trinajstić information content (AvgIpc) is 2.53. The van der Waals surface area contributed by atoms with E-state index in [2.05, 4.69) is 19.4 Å². The number of nitrogens with one attached hydrogen (secondary N) is 1. The lowest BCUT2D eigenvalue weighted by molar-refractivity contribution is 0.0600. The van der Waals surface area contributed by atoms with Gasteiger partial charge >= 0.3 is 5.97 Å². The van der Waals surface area contributed by atoms with E-state index in [1.165, 1.54) is 25.6 Å². The molecule has 22 heavy (non-hydrogen) atoms. The van der Waals surface area contributed by atoms with Crippen LogP contribution in [0.1, 0.15) is 21.6 Å². The Balaban J connectivity index is 1.95. The Bertz CT molecular complexity index is 730. The highest BCUT2D eigenvalue weighted by Crippen LogP contribution is 2.05. The molecule has 2 aromatic rings. The summed E-state index contributed by atoms with van der Waals surface area (Å²) in [6.45, 7) is 0.0457. The van der Waals surface area contributed by atoms with E-state index in [-0.39, 0.29) is 12.3 Å². The molecule has 0 atom stereocenters. The van der Waals surface area contributed by atoms with Gasteiger partial charge in [0.15, 0.2) is 0 Å². The number of methoxy groups -OCH3 is 1. The van der Waals surface area contributed by atoms with E-state index in [9.17, 15) is 13.2 Å². The minimum absolute atomic E-state index is 0.0457. The van der Waals surface area contributed by atoms with Gasteiger partial charge in [-0.05, 0) is 23.8 Å². The number of rotatable bonds is 6. The average molecular weight is 321 g/mol. The predicted molar refractivity (Wildman–Crippen MR) is 79.3 cm³/mol. The van der Waals surface area contributed by atoms with E-state index in [4.69, 9.17) is 0 Å². The van der Waals surface area contributed by atoms with E-state index in [0.717, 1.165) is 0 Å². The molecule has 2 aromatic heterocycles. The summed E-state index contributed by atoms with van der Waals surface area (Å²) in [5.41, 5.74) is 1.41. The lowest BCUT2D eigenvalue weighted by Gasteiger charge is -2.06. The van der Waals surface area contributed by atoms with Crippen molar-refractivity contribution in [3.63, 3.8) is 0 Å². The third kappa shape index (κ3) is 4.61. The summed E-state index contributed by atoms with van der Waals surface area (Å²) in [6, 6.07) is 6.47. The number of nitrogens with zero attached hydrogens (tertiary/aromatic N) is 2. The van der Waals surface area contributed by atoms with Crippen molar-refractivity contribution in [2.45, 2.75) is 12.3 Å². The number of sulfonamides is 1. The number of hydrogen-bond donors (Lipinski definition) is 1. The van der Waals surface area contributed by atoms with Gasteiger partial charge in [0.05, 0.1) is 30.7 Å². The fraction of sp³-hybridized carbons (Fsp3) is 0.214. The van der Waals surface area contributed by atoms with Crippen LogP contribution in [0.5, 0.6) is 0 Å².